The average molecular weight is 498 g/mol. The predicted molar refractivity (Wildman–Crippen MR) is 125 cm³/mol. The average Bonchev–Trinajstić information content (AvgIpc) is 2.71. The number of halogens is 2. The van der Waals surface area contributed by atoms with Crippen LogP contribution in [0, 0.1) is 0 Å². The van der Waals surface area contributed by atoms with Gasteiger partial charge in [-0.05, 0) is 42.7 Å². The number of amides is 2. The third-order valence-corrected chi connectivity index (χ3v) is 6.23. The summed E-state index contributed by atoms with van der Waals surface area (Å²) < 4.78 is 0.943. The Labute approximate surface area is 190 Å². The molecule has 7 heteroatoms. The first kappa shape index (κ1) is 23.8. The van der Waals surface area contributed by atoms with Crippen LogP contribution in [0.2, 0.25) is 5.02 Å². The van der Waals surface area contributed by atoms with Gasteiger partial charge >= 0.3 is 0 Å². The molecule has 0 saturated heterocycles. The van der Waals surface area contributed by atoms with Gasteiger partial charge in [-0.3, -0.25) is 9.59 Å². The molecule has 1 N–H and O–H groups in total. The summed E-state index contributed by atoms with van der Waals surface area (Å²) in [7, 11) is 0. The lowest BCUT2D eigenvalue weighted by Gasteiger charge is -2.29. The summed E-state index contributed by atoms with van der Waals surface area (Å²) in [6.45, 7) is 4.76. The van der Waals surface area contributed by atoms with Crippen LogP contribution in [0.5, 0.6) is 0 Å². The van der Waals surface area contributed by atoms with Crippen LogP contribution in [0.3, 0.4) is 0 Å². The van der Waals surface area contributed by atoms with Crippen LogP contribution in [0.1, 0.15) is 31.4 Å². The molecule has 0 fully saturated rings. The van der Waals surface area contributed by atoms with Crippen LogP contribution in [-0.2, 0) is 21.9 Å². The highest BCUT2D eigenvalue weighted by Gasteiger charge is 2.25. The summed E-state index contributed by atoms with van der Waals surface area (Å²) >= 11 is 11.2. The lowest BCUT2D eigenvalue weighted by molar-refractivity contribution is -0.138. The smallest absolute Gasteiger partial charge is 0.242 e. The molecule has 2 aromatic carbocycles. The van der Waals surface area contributed by atoms with Crippen LogP contribution in [0.25, 0.3) is 0 Å². The van der Waals surface area contributed by atoms with E-state index in [1.165, 1.54) is 11.8 Å². The molecule has 0 radical (unpaired) electrons. The normalized spacial score (nSPS) is 11.7. The molecule has 29 heavy (non-hydrogen) atoms. The minimum absolute atomic E-state index is 0.0684. The molecule has 2 rings (SSSR count). The van der Waals surface area contributed by atoms with Gasteiger partial charge in [0.2, 0.25) is 11.8 Å². The molecule has 1 atom stereocenters. The third kappa shape index (κ3) is 7.68. The Balaban J connectivity index is 2.07. The topological polar surface area (TPSA) is 49.4 Å². The van der Waals surface area contributed by atoms with Crippen molar-refractivity contribution in [1.29, 1.82) is 0 Å². The summed E-state index contributed by atoms with van der Waals surface area (Å²) in [6, 6.07) is 14.9. The van der Waals surface area contributed by atoms with Crippen LogP contribution < -0.4 is 5.32 Å². The number of nitrogens with zero attached hydrogens (tertiary/aromatic N) is 1. The largest absolute Gasteiger partial charge is 0.354 e. The fraction of sp³-hybridized carbons (Fsp3) is 0.364. The van der Waals surface area contributed by atoms with Gasteiger partial charge in [0.15, 0.2) is 0 Å². The summed E-state index contributed by atoms with van der Waals surface area (Å²) in [5, 5.41) is 3.59. The van der Waals surface area contributed by atoms with Crippen molar-refractivity contribution < 1.29 is 9.59 Å². The molecule has 0 aliphatic carbocycles. The second kappa shape index (κ2) is 12.3. The second-order valence-electron chi connectivity index (χ2n) is 6.70. The fourth-order valence-corrected chi connectivity index (χ4v) is 4.40. The third-order valence-electron chi connectivity index (χ3n) is 4.40. The Morgan fingerprint density at radius 2 is 1.97 bits per heavy atom. The first-order valence-corrected chi connectivity index (χ1v) is 11.9. The molecule has 0 spiro atoms. The van der Waals surface area contributed by atoms with Gasteiger partial charge in [0, 0.05) is 28.3 Å². The monoisotopic (exact) mass is 496 g/mol. The van der Waals surface area contributed by atoms with Crippen LogP contribution in [0.15, 0.2) is 53.0 Å². The standard InChI is InChI=1S/C22H26BrClN2O2S/c1-3-11-25-22(28)16(2)26(13-17-7-6-9-19(23)12-17)21(27)15-29-14-18-8-4-5-10-20(18)24/h4-10,12,16H,3,11,13-15H2,1-2H3,(H,25,28)/t16-/m1/s1. The molecule has 2 aromatic rings. The van der Waals surface area contributed by atoms with Gasteiger partial charge in [0.25, 0.3) is 0 Å². The van der Waals surface area contributed by atoms with E-state index in [1.807, 2.05) is 55.5 Å². The molecule has 0 aliphatic rings. The Morgan fingerprint density at radius 1 is 1.21 bits per heavy atom. The van der Waals surface area contributed by atoms with Gasteiger partial charge in [-0.1, -0.05) is 64.8 Å². The number of rotatable bonds is 10. The molecule has 0 bridgehead atoms. The zero-order chi connectivity index (χ0) is 21.2. The maximum absolute atomic E-state index is 13.0. The van der Waals surface area contributed by atoms with Gasteiger partial charge < -0.3 is 10.2 Å². The molecule has 4 nitrogen and oxygen atoms in total. The lowest BCUT2D eigenvalue weighted by Crippen LogP contribution is -2.48. The molecular formula is C22H26BrClN2O2S. The van der Waals surface area contributed by atoms with Gasteiger partial charge in [-0.15, -0.1) is 11.8 Å². The zero-order valence-corrected chi connectivity index (χ0v) is 19.8. The summed E-state index contributed by atoms with van der Waals surface area (Å²) in [5.41, 5.74) is 1.97. The summed E-state index contributed by atoms with van der Waals surface area (Å²) in [5.74, 6) is 0.726. The van der Waals surface area contributed by atoms with Crippen molar-refractivity contribution in [3.05, 3.63) is 69.2 Å². The van der Waals surface area contributed by atoms with Crippen molar-refractivity contribution in [2.45, 2.75) is 38.6 Å². The Bertz CT molecular complexity index is 834. The lowest BCUT2D eigenvalue weighted by atomic mass is 10.1. The van der Waals surface area contributed by atoms with Crippen LogP contribution >= 0.6 is 39.3 Å². The minimum atomic E-state index is -0.547. The van der Waals surface area contributed by atoms with Crippen LogP contribution in [0.4, 0.5) is 0 Å². The molecule has 0 unspecified atom stereocenters. The van der Waals surface area contributed by atoms with Crippen molar-refractivity contribution in [3.8, 4) is 0 Å². The highest BCUT2D eigenvalue weighted by atomic mass is 79.9. The van der Waals surface area contributed by atoms with E-state index in [1.54, 1.807) is 11.8 Å². The number of nitrogens with one attached hydrogen (secondary N) is 1. The SMILES string of the molecule is CCCNC(=O)[C@@H](C)N(Cc1cccc(Br)c1)C(=O)CSCc1ccccc1Cl. The number of carbonyl (C=O) groups is 2. The molecule has 0 aliphatic heterocycles. The summed E-state index contributed by atoms with van der Waals surface area (Å²) in [4.78, 5) is 27.2. The zero-order valence-electron chi connectivity index (χ0n) is 16.7. The van der Waals surface area contributed by atoms with E-state index in [0.717, 1.165) is 22.0 Å². The van der Waals surface area contributed by atoms with E-state index >= 15 is 0 Å². The highest BCUT2D eigenvalue weighted by molar-refractivity contribution is 9.10. The van der Waals surface area contributed by atoms with E-state index in [2.05, 4.69) is 21.2 Å². The van der Waals surface area contributed by atoms with Crippen molar-refractivity contribution in [3.63, 3.8) is 0 Å². The first-order valence-electron chi connectivity index (χ1n) is 9.55. The van der Waals surface area contributed by atoms with Gasteiger partial charge in [0.1, 0.15) is 6.04 Å². The number of hydrogen-bond acceptors (Lipinski definition) is 3. The Kier molecular flexibility index (Phi) is 10.0. The number of benzene rings is 2. The predicted octanol–water partition coefficient (Wildman–Crippen LogP) is 5.28. The maximum atomic E-state index is 13.0. The fourth-order valence-electron chi connectivity index (χ4n) is 2.76. The van der Waals surface area contributed by atoms with E-state index in [4.69, 9.17) is 11.6 Å². The van der Waals surface area contributed by atoms with Gasteiger partial charge in [-0.2, -0.15) is 0 Å². The van der Waals surface area contributed by atoms with E-state index in [-0.39, 0.29) is 17.6 Å². The molecule has 156 valence electrons. The molecule has 0 aromatic heterocycles. The number of hydrogen-bond donors (Lipinski definition) is 1. The van der Waals surface area contributed by atoms with Gasteiger partial charge in [-0.25, -0.2) is 0 Å². The van der Waals surface area contributed by atoms with E-state index in [9.17, 15) is 9.59 Å². The van der Waals surface area contributed by atoms with E-state index in [0.29, 0.717) is 23.9 Å². The molecule has 0 heterocycles. The van der Waals surface area contributed by atoms with E-state index < -0.39 is 6.04 Å². The van der Waals surface area contributed by atoms with Gasteiger partial charge in [0.05, 0.1) is 5.75 Å². The minimum Gasteiger partial charge on any atom is -0.354 e. The Hall–Kier alpha value is -1.50. The number of thioether (sulfide) groups is 1. The highest BCUT2D eigenvalue weighted by Crippen LogP contribution is 2.22. The molecule has 2 amide bonds. The number of carbonyl (C=O) groups excluding carboxylic acids is 2. The quantitative estimate of drug-likeness (QED) is 0.486. The molecular weight excluding hydrogens is 472 g/mol. The van der Waals surface area contributed by atoms with Crippen molar-refractivity contribution in [2.24, 2.45) is 0 Å². The van der Waals surface area contributed by atoms with Crippen LogP contribution in [-0.4, -0.2) is 35.1 Å². The van der Waals surface area contributed by atoms with Crippen molar-refractivity contribution >= 4 is 51.1 Å². The summed E-state index contributed by atoms with van der Waals surface area (Å²) in [6.07, 6.45) is 0.853. The van der Waals surface area contributed by atoms with Crippen molar-refractivity contribution in [2.75, 3.05) is 12.3 Å². The van der Waals surface area contributed by atoms with Crippen molar-refractivity contribution in [1.82, 2.24) is 10.2 Å². The molecule has 0 saturated carbocycles. The Morgan fingerprint density at radius 3 is 2.66 bits per heavy atom. The first-order chi connectivity index (χ1) is 13.9. The maximum Gasteiger partial charge on any atom is 0.242 e. The second-order valence-corrected chi connectivity index (χ2v) is 9.01.